The fourth-order valence-electron chi connectivity index (χ4n) is 3.50. The zero-order valence-electron chi connectivity index (χ0n) is 20.8. The molecule has 204 valence electrons. The van der Waals surface area contributed by atoms with Gasteiger partial charge in [0.2, 0.25) is 5.91 Å². The van der Waals surface area contributed by atoms with E-state index in [-0.39, 0.29) is 30.6 Å². The molecule has 9 nitrogen and oxygen atoms in total. The van der Waals surface area contributed by atoms with Crippen LogP contribution in [0.2, 0.25) is 0 Å². The molecule has 2 aromatic rings. The van der Waals surface area contributed by atoms with Crippen LogP contribution >= 0.6 is 12.2 Å². The highest BCUT2D eigenvalue weighted by Crippen LogP contribution is 2.32. The Labute approximate surface area is 221 Å². The summed E-state index contributed by atoms with van der Waals surface area (Å²) in [6, 6.07) is 6.64. The number of carbonyl (C=O) groups is 1. The van der Waals surface area contributed by atoms with E-state index in [2.05, 4.69) is 11.2 Å². The molecule has 1 amide bonds. The van der Waals surface area contributed by atoms with Gasteiger partial charge in [-0.25, -0.2) is 4.79 Å². The second-order valence-electron chi connectivity index (χ2n) is 9.51. The number of terminal acetylenes is 1. The van der Waals surface area contributed by atoms with E-state index in [4.69, 9.17) is 32.9 Å². The van der Waals surface area contributed by atoms with E-state index in [1.807, 2.05) is 0 Å². The summed E-state index contributed by atoms with van der Waals surface area (Å²) in [6.45, 7) is 5.10. The van der Waals surface area contributed by atoms with Crippen LogP contribution in [0.5, 0.6) is 0 Å². The van der Waals surface area contributed by atoms with Gasteiger partial charge in [0.1, 0.15) is 31.1 Å². The van der Waals surface area contributed by atoms with Crippen LogP contribution in [0.3, 0.4) is 0 Å². The lowest BCUT2D eigenvalue weighted by atomic mass is 9.95. The van der Waals surface area contributed by atoms with Crippen LogP contribution in [0.25, 0.3) is 0 Å². The van der Waals surface area contributed by atoms with E-state index in [1.165, 1.54) is 0 Å². The highest BCUT2D eigenvalue weighted by atomic mass is 32.1. The van der Waals surface area contributed by atoms with Crippen LogP contribution in [-0.2, 0) is 25.2 Å². The van der Waals surface area contributed by atoms with Crippen LogP contribution < -0.4 is 16.6 Å². The van der Waals surface area contributed by atoms with E-state index in [0.29, 0.717) is 22.0 Å². The maximum Gasteiger partial charge on any atom is 0.423 e. The van der Waals surface area contributed by atoms with Crippen molar-refractivity contribution in [1.29, 1.82) is 0 Å². The lowest BCUT2D eigenvalue weighted by molar-refractivity contribution is -0.139. The predicted molar refractivity (Wildman–Crippen MR) is 136 cm³/mol. The molecule has 0 radical (unpaired) electrons. The minimum atomic E-state index is -4.97. The molecule has 1 saturated heterocycles. The van der Waals surface area contributed by atoms with Crippen LogP contribution in [-0.4, -0.2) is 45.9 Å². The fraction of sp³-hybridized carbons (Fsp3) is 0.440. The number of hydrogen-bond acceptors (Lipinski definition) is 7. The summed E-state index contributed by atoms with van der Waals surface area (Å²) >= 11 is 5.33. The van der Waals surface area contributed by atoms with Crippen molar-refractivity contribution in [2.24, 2.45) is 5.41 Å². The van der Waals surface area contributed by atoms with Crippen LogP contribution in [0.15, 0.2) is 40.1 Å². The number of nitrogens with zero attached hydrogens (tertiary/aromatic N) is 1. The van der Waals surface area contributed by atoms with Crippen LogP contribution in [0.4, 0.5) is 18.9 Å². The number of alkyl halides is 3. The maximum atomic E-state index is 13.2. The molecule has 3 atom stereocenters. The summed E-state index contributed by atoms with van der Waals surface area (Å²) in [7, 11) is 0. The van der Waals surface area contributed by atoms with E-state index in [9.17, 15) is 27.6 Å². The summed E-state index contributed by atoms with van der Waals surface area (Å²) in [4.78, 5) is 37.7. The zero-order valence-corrected chi connectivity index (χ0v) is 21.6. The molecule has 2 heterocycles. The number of amides is 1. The van der Waals surface area contributed by atoms with E-state index in [0.717, 1.165) is 0 Å². The van der Waals surface area contributed by atoms with Gasteiger partial charge in [0.05, 0.1) is 6.10 Å². The monoisotopic (exact) mass is 553 g/mol. The Morgan fingerprint density at radius 1 is 1.26 bits per heavy atom. The van der Waals surface area contributed by atoms with Crippen LogP contribution in [0, 0.1) is 17.8 Å². The highest BCUT2D eigenvalue weighted by molar-refractivity contribution is 7.80. The average molecular weight is 554 g/mol. The number of aromatic amines is 1. The summed E-state index contributed by atoms with van der Waals surface area (Å²) in [5, 5.41) is 2.89. The Hall–Kier alpha value is -3.47. The number of thiocarbonyl (C=S) groups is 1. The van der Waals surface area contributed by atoms with E-state index >= 15 is 0 Å². The predicted octanol–water partition coefficient (Wildman–Crippen LogP) is 3.24. The molecule has 2 N–H and O–H groups in total. The summed E-state index contributed by atoms with van der Waals surface area (Å²) in [6.07, 6.45) is -2.10. The van der Waals surface area contributed by atoms with Crippen molar-refractivity contribution >= 4 is 28.9 Å². The average Bonchev–Trinajstić information content (AvgIpc) is 3.22. The Balaban J connectivity index is 1.71. The van der Waals surface area contributed by atoms with Gasteiger partial charge in [-0.2, -0.15) is 13.2 Å². The molecule has 0 saturated carbocycles. The Morgan fingerprint density at radius 2 is 1.92 bits per heavy atom. The molecule has 0 spiro atoms. The lowest BCUT2D eigenvalue weighted by Crippen LogP contribution is -2.36. The lowest BCUT2D eigenvalue weighted by Gasteiger charge is -2.19. The molecule has 1 aromatic heterocycles. The van der Waals surface area contributed by atoms with Crippen molar-refractivity contribution in [3.8, 4) is 12.3 Å². The number of H-pyrrole nitrogens is 1. The molecule has 3 rings (SSSR count). The molecule has 1 aliphatic rings. The van der Waals surface area contributed by atoms with Crippen molar-refractivity contribution in [2.75, 3.05) is 18.5 Å². The number of anilines is 1. The first-order valence-electron chi connectivity index (χ1n) is 11.4. The molecule has 0 bridgehead atoms. The number of hydrogen-bond donors (Lipinski definition) is 2. The summed E-state index contributed by atoms with van der Waals surface area (Å²) in [5.41, 5.74) is -3.61. The van der Waals surface area contributed by atoms with Gasteiger partial charge >= 0.3 is 11.9 Å². The fourth-order valence-corrected chi connectivity index (χ4v) is 3.71. The van der Waals surface area contributed by atoms with Crippen LogP contribution in [0.1, 0.15) is 44.5 Å². The molecular weight excluding hydrogens is 527 g/mol. The molecule has 1 aliphatic heterocycles. The first-order valence-corrected chi connectivity index (χ1v) is 11.8. The topological polar surface area (TPSA) is 112 Å². The molecule has 1 aromatic carbocycles. The summed E-state index contributed by atoms with van der Waals surface area (Å²) < 4.78 is 57.3. The van der Waals surface area contributed by atoms with Gasteiger partial charge < -0.3 is 19.5 Å². The van der Waals surface area contributed by atoms with Gasteiger partial charge in [-0.05, 0) is 36.5 Å². The molecule has 38 heavy (non-hydrogen) atoms. The normalized spacial score (nSPS) is 19.6. The minimum Gasteiger partial charge on any atom is -0.480 e. The highest BCUT2D eigenvalue weighted by Gasteiger charge is 2.40. The second kappa shape index (κ2) is 11.5. The van der Waals surface area contributed by atoms with Gasteiger partial charge in [0, 0.05) is 29.3 Å². The van der Waals surface area contributed by atoms with Crippen molar-refractivity contribution in [3.05, 3.63) is 62.4 Å². The molecule has 13 heteroatoms. The van der Waals surface area contributed by atoms with Gasteiger partial charge in [-0.1, -0.05) is 26.7 Å². The molecular formula is C25H26F3N3O6S. The number of carbonyl (C=O) groups excluding carboxylic acids is 1. The van der Waals surface area contributed by atoms with Crippen molar-refractivity contribution in [1.82, 2.24) is 9.55 Å². The van der Waals surface area contributed by atoms with Gasteiger partial charge in [0.15, 0.2) is 5.05 Å². The Kier molecular flexibility index (Phi) is 8.81. The molecule has 0 aliphatic carbocycles. The number of halogens is 3. The quantitative estimate of drug-likeness (QED) is 0.400. The first-order chi connectivity index (χ1) is 17.7. The van der Waals surface area contributed by atoms with E-state index in [1.54, 1.807) is 50.0 Å². The van der Waals surface area contributed by atoms with Gasteiger partial charge in [-0.3, -0.25) is 19.1 Å². The summed E-state index contributed by atoms with van der Waals surface area (Å²) in [5.74, 6) is 2.14. The number of nitrogens with one attached hydrogen (secondary N) is 2. The van der Waals surface area contributed by atoms with Crippen molar-refractivity contribution in [2.45, 2.75) is 51.8 Å². The van der Waals surface area contributed by atoms with Gasteiger partial charge in [-0.15, -0.1) is 6.42 Å². The van der Waals surface area contributed by atoms with Gasteiger partial charge in [0.25, 0.3) is 5.56 Å². The third-order valence-corrected chi connectivity index (χ3v) is 5.94. The van der Waals surface area contributed by atoms with Crippen molar-refractivity contribution in [3.63, 3.8) is 0 Å². The zero-order chi connectivity index (χ0) is 28.3. The molecule has 0 unspecified atom stereocenters. The maximum absolute atomic E-state index is 13.2. The standard InChI is InChI=1S/C25H26F3N3O6S/c1-5-10-35-17-11-19(31-12-16(25(26,27)28)20(32)30-23(31)34)37-18(17)13-36-21(38)14-6-8-15(9-7-14)29-22(33)24(2,3)4/h1,6-9,12,17-19H,10-11,13H2,2-4H3,(H,29,33)(H,30,32,34)/t17-,18+,19+/m0/s1. The smallest absolute Gasteiger partial charge is 0.423 e. The van der Waals surface area contributed by atoms with Crippen molar-refractivity contribution < 1.29 is 32.2 Å². The first kappa shape index (κ1) is 29.1. The largest absolute Gasteiger partial charge is 0.480 e. The number of rotatable bonds is 7. The van der Waals surface area contributed by atoms with E-state index < -0.39 is 46.8 Å². The minimum absolute atomic E-state index is 0.0338. The third kappa shape index (κ3) is 7.09. The number of ether oxygens (including phenoxy) is 3. The number of aromatic nitrogens is 2. The Bertz CT molecular complexity index is 1340. The second-order valence-corrected chi connectivity index (χ2v) is 9.88. The SMILES string of the molecule is C#CCO[C@H]1C[C@H](n2cc(C(F)(F)F)c(=O)[nH]c2=O)O[C@@H]1COC(=S)c1ccc(NC(=O)C(C)(C)C)cc1. The number of benzene rings is 1. The Morgan fingerprint density at radius 3 is 2.50 bits per heavy atom. The molecule has 1 fully saturated rings. The third-order valence-electron chi connectivity index (χ3n) is 5.58.